The van der Waals surface area contributed by atoms with Gasteiger partial charge in [0.2, 0.25) is 5.89 Å². The average molecular weight is 422 g/mol. The lowest BCUT2D eigenvalue weighted by Crippen LogP contribution is -2.43. The maximum absolute atomic E-state index is 11.5. The van der Waals surface area contributed by atoms with Crippen LogP contribution in [0.3, 0.4) is 0 Å². The van der Waals surface area contributed by atoms with E-state index in [0.717, 1.165) is 54.6 Å². The van der Waals surface area contributed by atoms with E-state index in [9.17, 15) is 4.79 Å². The van der Waals surface area contributed by atoms with Crippen molar-refractivity contribution in [3.63, 3.8) is 0 Å². The molecule has 1 aliphatic carbocycles. The maximum Gasteiger partial charge on any atom is 0.434 e. The van der Waals surface area contributed by atoms with Crippen LogP contribution in [-0.2, 0) is 0 Å². The van der Waals surface area contributed by atoms with Crippen molar-refractivity contribution in [3.05, 3.63) is 41.0 Å². The number of rotatable bonds is 5. The topological polar surface area (TPSA) is 112 Å². The number of nitrogens with zero attached hydrogens (tertiary/aromatic N) is 4. The van der Waals surface area contributed by atoms with Gasteiger partial charge in [0.25, 0.3) is 0 Å². The molecule has 0 unspecified atom stereocenters. The van der Waals surface area contributed by atoms with Gasteiger partial charge >= 0.3 is 5.76 Å². The average Bonchev–Trinajstić information content (AvgIpc) is 3.27. The zero-order valence-corrected chi connectivity index (χ0v) is 17.4. The fourth-order valence-electron chi connectivity index (χ4n) is 4.32. The number of pyridine rings is 2. The Labute approximate surface area is 180 Å². The summed E-state index contributed by atoms with van der Waals surface area (Å²) in [5.41, 5.74) is 2.48. The Balaban J connectivity index is 1.50. The first-order valence-electron chi connectivity index (χ1n) is 11.0. The summed E-state index contributed by atoms with van der Waals surface area (Å²) in [7, 11) is 0. The number of aromatic amines is 1. The molecular weight excluding hydrogens is 394 g/mol. The number of anilines is 2. The molecule has 4 heterocycles. The van der Waals surface area contributed by atoms with Crippen LogP contribution in [0.15, 0.2) is 39.7 Å². The van der Waals surface area contributed by atoms with Gasteiger partial charge in [0.1, 0.15) is 11.6 Å². The third-order valence-electron chi connectivity index (χ3n) is 5.95. The van der Waals surface area contributed by atoms with Gasteiger partial charge in [-0.05, 0) is 37.1 Å². The second-order valence-corrected chi connectivity index (χ2v) is 8.16. The Morgan fingerprint density at radius 3 is 2.68 bits per heavy atom. The van der Waals surface area contributed by atoms with Crippen LogP contribution in [0.25, 0.3) is 22.7 Å². The standard InChI is InChI=1S/C22H27N7O2/c30-22-28-27-21(31-22)16-12-18(26-20(14-16)29-10-8-23-9-11-29)15-6-7-24-19(13-15)25-17-4-2-1-3-5-17/h6-7,12-14,17,23H,1-5,8-11H2,(H,24,25)(H,28,30). The number of aromatic nitrogens is 4. The fourth-order valence-corrected chi connectivity index (χ4v) is 4.32. The molecule has 9 nitrogen and oxygen atoms in total. The largest absolute Gasteiger partial charge is 0.434 e. The highest BCUT2D eigenvalue weighted by atomic mass is 16.4. The molecule has 0 radical (unpaired) electrons. The highest BCUT2D eigenvalue weighted by molar-refractivity contribution is 5.71. The van der Waals surface area contributed by atoms with Crippen molar-refractivity contribution in [3.8, 4) is 22.7 Å². The molecule has 162 valence electrons. The summed E-state index contributed by atoms with van der Waals surface area (Å²) in [6.07, 6.45) is 8.04. The quantitative estimate of drug-likeness (QED) is 0.576. The van der Waals surface area contributed by atoms with Crippen molar-refractivity contribution < 1.29 is 4.42 Å². The van der Waals surface area contributed by atoms with Crippen LogP contribution in [-0.4, -0.2) is 52.4 Å². The van der Waals surface area contributed by atoms with Gasteiger partial charge in [-0.15, -0.1) is 5.10 Å². The van der Waals surface area contributed by atoms with Gasteiger partial charge < -0.3 is 20.0 Å². The van der Waals surface area contributed by atoms with Gasteiger partial charge in [0, 0.05) is 49.5 Å². The van der Waals surface area contributed by atoms with E-state index < -0.39 is 5.76 Å². The molecule has 0 atom stereocenters. The van der Waals surface area contributed by atoms with Gasteiger partial charge in [-0.2, -0.15) is 0 Å². The number of hydrogen-bond donors (Lipinski definition) is 3. The van der Waals surface area contributed by atoms with E-state index in [-0.39, 0.29) is 5.89 Å². The van der Waals surface area contributed by atoms with Crippen LogP contribution in [0.5, 0.6) is 0 Å². The molecule has 2 aliphatic rings. The number of hydrogen-bond acceptors (Lipinski definition) is 8. The second kappa shape index (κ2) is 8.89. The van der Waals surface area contributed by atoms with Crippen LogP contribution >= 0.6 is 0 Å². The summed E-state index contributed by atoms with van der Waals surface area (Å²) in [5, 5.41) is 13.3. The summed E-state index contributed by atoms with van der Waals surface area (Å²) in [6.45, 7) is 3.55. The van der Waals surface area contributed by atoms with Crippen molar-refractivity contribution in [2.45, 2.75) is 38.1 Å². The minimum absolute atomic E-state index is 0.264. The van der Waals surface area contributed by atoms with E-state index in [2.05, 4.69) is 30.7 Å². The van der Waals surface area contributed by atoms with Crippen LogP contribution in [0.4, 0.5) is 11.6 Å². The number of nitrogens with one attached hydrogen (secondary N) is 3. The van der Waals surface area contributed by atoms with Gasteiger partial charge in [0.05, 0.1) is 5.69 Å². The molecule has 9 heteroatoms. The summed E-state index contributed by atoms with van der Waals surface area (Å²) in [4.78, 5) is 23.2. The molecular formula is C22H27N7O2. The van der Waals surface area contributed by atoms with Crippen LogP contribution in [0.1, 0.15) is 32.1 Å². The molecule has 0 bridgehead atoms. The maximum atomic E-state index is 11.5. The van der Waals surface area contributed by atoms with Crippen molar-refractivity contribution in [1.29, 1.82) is 0 Å². The minimum Gasteiger partial charge on any atom is -0.388 e. The highest BCUT2D eigenvalue weighted by Crippen LogP contribution is 2.29. The molecule has 3 N–H and O–H groups in total. The Kier molecular flexibility index (Phi) is 5.66. The molecule has 2 fully saturated rings. The summed E-state index contributed by atoms with van der Waals surface area (Å²) in [5.74, 6) is 1.41. The SMILES string of the molecule is O=c1[nH]nc(-c2cc(-c3ccnc(NC4CCCCC4)c3)nc(N3CCNCC3)c2)o1. The summed E-state index contributed by atoms with van der Waals surface area (Å²) < 4.78 is 5.22. The minimum atomic E-state index is -0.569. The molecule has 1 aliphatic heterocycles. The van der Waals surface area contributed by atoms with E-state index in [1.54, 1.807) is 0 Å². The summed E-state index contributed by atoms with van der Waals surface area (Å²) in [6, 6.07) is 8.31. The Morgan fingerprint density at radius 1 is 1.06 bits per heavy atom. The van der Waals surface area contributed by atoms with Gasteiger partial charge in [-0.25, -0.2) is 19.9 Å². The third kappa shape index (κ3) is 4.61. The lowest BCUT2D eigenvalue weighted by Gasteiger charge is -2.29. The Morgan fingerprint density at radius 2 is 1.90 bits per heavy atom. The van der Waals surface area contributed by atoms with Gasteiger partial charge in [0.15, 0.2) is 0 Å². The van der Waals surface area contributed by atoms with E-state index in [0.29, 0.717) is 6.04 Å². The van der Waals surface area contributed by atoms with Crippen LogP contribution in [0, 0.1) is 0 Å². The van der Waals surface area contributed by atoms with E-state index >= 15 is 0 Å². The van der Waals surface area contributed by atoms with Crippen LogP contribution < -0.4 is 21.3 Å². The molecule has 5 rings (SSSR count). The molecule has 3 aromatic heterocycles. The smallest absolute Gasteiger partial charge is 0.388 e. The normalized spacial score (nSPS) is 17.6. The number of H-pyrrole nitrogens is 1. The highest BCUT2D eigenvalue weighted by Gasteiger charge is 2.18. The predicted molar refractivity (Wildman–Crippen MR) is 119 cm³/mol. The first-order valence-corrected chi connectivity index (χ1v) is 11.0. The first-order chi connectivity index (χ1) is 15.2. The first kappa shape index (κ1) is 19.7. The lowest BCUT2D eigenvalue weighted by atomic mass is 9.95. The van der Waals surface area contributed by atoms with Crippen molar-refractivity contribution >= 4 is 11.6 Å². The van der Waals surface area contributed by atoms with Crippen molar-refractivity contribution in [1.82, 2.24) is 25.5 Å². The van der Waals surface area contributed by atoms with Crippen molar-refractivity contribution in [2.75, 3.05) is 36.4 Å². The molecule has 3 aromatic rings. The zero-order chi connectivity index (χ0) is 21.0. The monoisotopic (exact) mass is 421 g/mol. The molecule has 1 saturated carbocycles. The van der Waals surface area contributed by atoms with Crippen LogP contribution in [0.2, 0.25) is 0 Å². The summed E-state index contributed by atoms with van der Waals surface area (Å²) >= 11 is 0. The van der Waals surface area contributed by atoms with Gasteiger partial charge in [-0.1, -0.05) is 19.3 Å². The molecule has 1 saturated heterocycles. The van der Waals surface area contributed by atoms with E-state index in [1.807, 2.05) is 30.5 Å². The van der Waals surface area contributed by atoms with Crippen molar-refractivity contribution in [2.24, 2.45) is 0 Å². The van der Waals surface area contributed by atoms with Gasteiger partial charge in [-0.3, -0.25) is 0 Å². The molecule has 0 spiro atoms. The van der Waals surface area contributed by atoms with E-state index in [4.69, 9.17) is 9.40 Å². The third-order valence-corrected chi connectivity index (χ3v) is 5.95. The molecule has 0 amide bonds. The predicted octanol–water partition coefficient (Wildman–Crippen LogP) is 2.64. The zero-order valence-electron chi connectivity index (χ0n) is 17.4. The Bertz CT molecular complexity index is 1080. The Hall–Kier alpha value is -3.20. The number of piperazine rings is 1. The molecule has 0 aromatic carbocycles. The van der Waals surface area contributed by atoms with E-state index in [1.165, 1.54) is 32.1 Å². The molecule has 31 heavy (non-hydrogen) atoms. The fraction of sp³-hybridized carbons (Fsp3) is 0.455. The lowest BCUT2D eigenvalue weighted by molar-refractivity contribution is 0.462. The second-order valence-electron chi connectivity index (χ2n) is 8.16.